The van der Waals surface area contributed by atoms with E-state index < -0.39 is 0 Å². The summed E-state index contributed by atoms with van der Waals surface area (Å²) in [4.78, 5) is 0. The Balaban J connectivity index is 2.71. The minimum Gasteiger partial charge on any atom is -0.409 e. The van der Waals surface area contributed by atoms with Crippen molar-refractivity contribution in [2.24, 2.45) is 22.7 Å². The third kappa shape index (κ3) is 1.76. The summed E-state index contributed by atoms with van der Waals surface area (Å²) in [5, 5.41) is 11.4. The van der Waals surface area contributed by atoms with Crippen LogP contribution in [0.5, 0.6) is 0 Å². The molecule has 1 aliphatic rings. The quantitative estimate of drug-likeness (QED) is 0.284. The molecule has 13 heavy (non-hydrogen) atoms. The van der Waals surface area contributed by atoms with E-state index in [-0.39, 0.29) is 30.1 Å². The number of ether oxygens (including phenoxy) is 2. The molecule has 1 unspecified atom stereocenters. The second-order valence-electron chi connectivity index (χ2n) is 3.40. The highest BCUT2D eigenvalue weighted by Gasteiger charge is 2.41. The number of oxime groups is 1. The molecule has 0 bridgehead atoms. The monoisotopic (exact) mass is 188 g/mol. The van der Waals surface area contributed by atoms with Gasteiger partial charge in [0.25, 0.3) is 0 Å². The molecule has 5 heteroatoms. The normalized spacial score (nSPS) is 41.0. The molecule has 0 saturated carbocycles. The number of hydrogen-bond donors (Lipinski definition) is 2. The Kier molecular flexibility index (Phi) is 3.11. The smallest absolute Gasteiger partial charge is 0.168 e. The van der Waals surface area contributed by atoms with E-state index in [0.717, 1.165) is 0 Å². The van der Waals surface area contributed by atoms with Crippen LogP contribution in [0.15, 0.2) is 5.16 Å². The Morgan fingerprint density at radius 1 is 1.46 bits per heavy atom. The van der Waals surface area contributed by atoms with E-state index in [1.54, 1.807) is 7.11 Å². The average Bonchev–Trinajstić information content (AvgIpc) is 2.43. The lowest BCUT2D eigenvalue weighted by atomic mass is 9.93. The zero-order chi connectivity index (χ0) is 10.0. The van der Waals surface area contributed by atoms with Crippen molar-refractivity contribution >= 4 is 5.84 Å². The fourth-order valence-electron chi connectivity index (χ4n) is 1.58. The van der Waals surface area contributed by atoms with Gasteiger partial charge < -0.3 is 20.4 Å². The number of rotatable bonds is 2. The van der Waals surface area contributed by atoms with Crippen molar-refractivity contribution in [3.8, 4) is 0 Å². The van der Waals surface area contributed by atoms with Crippen LogP contribution in [0.4, 0.5) is 0 Å². The molecule has 0 amide bonds. The van der Waals surface area contributed by atoms with Crippen LogP contribution in [-0.2, 0) is 9.47 Å². The molecule has 1 heterocycles. The summed E-state index contributed by atoms with van der Waals surface area (Å²) in [5.41, 5.74) is 5.47. The summed E-state index contributed by atoms with van der Waals surface area (Å²) in [7, 11) is 1.59. The molecular weight excluding hydrogens is 172 g/mol. The van der Waals surface area contributed by atoms with Crippen LogP contribution in [0.2, 0.25) is 0 Å². The fraction of sp³-hybridized carbons (Fsp3) is 0.875. The van der Waals surface area contributed by atoms with Gasteiger partial charge in [0, 0.05) is 13.0 Å². The predicted molar refractivity (Wildman–Crippen MR) is 47.4 cm³/mol. The van der Waals surface area contributed by atoms with Gasteiger partial charge in [-0.3, -0.25) is 0 Å². The number of amidine groups is 1. The van der Waals surface area contributed by atoms with Crippen LogP contribution in [0.1, 0.15) is 13.8 Å². The molecule has 1 fully saturated rings. The Labute approximate surface area is 77.5 Å². The summed E-state index contributed by atoms with van der Waals surface area (Å²) in [6, 6.07) is 0. The summed E-state index contributed by atoms with van der Waals surface area (Å²) < 4.78 is 10.6. The fourth-order valence-corrected chi connectivity index (χ4v) is 1.58. The molecule has 0 spiro atoms. The zero-order valence-electron chi connectivity index (χ0n) is 8.10. The van der Waals surface area contributed by atoms with Crippen molar-refractivity contribution < 1.29 is 14.7 Å². The van der Waals surface area contributed by atoms with Gasteiger partial charge in [-0.1, -0.05) is 19.0 Å². The number of nitrogens with zero attached hydrogens (tertiary/aromatic N) is 1. The molecule has 0 aromatic rings. The van der Waals surface area contributed by atoms with Crippen LogP contribution >= 0.6 is 0 Å². The Bertz CT molecular complexity index is 208. The van der Waals surface area contributed by atoms with E-state index in [2.05, 4.69) is 5.16 Å². The summed E-state index contributed by atoms with van der Waals surface area (Å²) in [5.74, 6) is 0.551. The lowest BCUT2D eigenvalue weighted by Gasteiger charge is -2.13. The van der Waals surface area contributed by atoms with Gasteiger partial charge in [-0.2, -0.15) is 0 Å². The van der Waals surface area contributed by atoms with Crippen molar-refractivity contribution in [2.45, 2.75) is 26.2 Å². The molecule has 4 atom stereocenters. The molecule has 0 radical (unpaired) electrons. The van der Waals surface area contributed by atoms with Crippen molar-refractivity contribution in [3.63, 3.8) is 0 Å². The summed E-state index contributed by atoms with van der Waals surface area (Å²) in [6.07, 6.45) is -0.606. The van der Waals surface area contributed by atoms with Crippen molar-refractivity contribution in [2.75, 3.05) is 7.11 Å². The standard InChI is InChI=1S/C8H16N2O3/c1-4-5(2)8(12-3)13-6(4)7(9)10-11/h4-6,8,11H,1-3H3,(H2,9,10)/t4-,5+,6-,8?/m0/s1. The highest BCUT2D eigenvalue weighted by molar-refractivity contribution is 5.84. The van der Waals surface area contributed by atoms with Crippen molar-refractivity contribution in [1.82, 2.24) is 0 Å². The maximum absolute atomic E-state index is 8.50. The highest BCUT2D eigenvalue weighted by atomic mass is 16.7. The molecule has 1 rings (SSSR count). The average molecular weight is 188 g/mol. The van der Waals surface area contributed by atoms with E-state index in [1.165, 1.54) is 0 Å². The van der Waals surface area contributed by atoms with Gasteiger partial charge in [0.1, 0.15) is 6.10 Å². The third-order valence-electron chi connectivity index (χ3n) is 2.66. The molecule has 3 N–H and O–H groups in total. The first kappa shape index (κ1) is 10.3. The van der Waals surface area contributed by atoms with Crippen LogP contribution in [0.3, 0.4) is 0 Å². The van der Waals surface area contributed by atoms with Crippen LogP contribution in [-0.4, -0.2) is 30.5 Å². The third-order valence-corrected chi connectivity index (χ3v) is 2.66. The lowest BCUT2D eigenvalue weighted by molar-refractivity contribution is -0.117. The highest BCUT2D eigenvalue weighted by Crippen LogP contribution is 2.32. The molecule has 76 valence electrons. The van der Waals surface area contributed by atoms with Crippen LogP contribution in [0, 0.1) is 11.8 Å². The van der Waals surface area contributed by atoms with Crippen molar-refractivity contribution in [1.29, 1.82) is 0 Å². The number of hydrogen-bond acceptors (Lipinski definition) is 4. The molecule has 0 aliphatic carbocycles. The van der Waals surface area contributed by atoms with Gasteiger partial charge in [-0.15, -0.1) is 0 Å². The number of nitrogens with two attached hydrogens (primary N) is 1. The summed E-state index contributed by atoms with van der Waals surface area (Å²) >= 11 is 0. The molecule has 0 aromatic carbocycles. The Morgan fingerprint density at radius 2 is 2.08 bits per heavy atom. The second kappa shape index (κ2) is 3.93. The van der Waals surface area contributed by atoms with Crippen LogP contribution in [0.25, 0.3) is 0 Å². The van der Waals surface area contributed by atoms with E-state index in [9.17, 15) is 0 Å². The maximum Gasteiger partial charge on any atom is 0.168 e. The molecule has 1 saturated heterocycles. The number of methoxy groups -OCH3 is 1. The second-order valence-corrected chi connectivity index (χ2v) is 3.40. The minimum absolute atomic E-state index is 0.110. The first-order valence-corrected chi connectivity index (χ1v) is 4.27. The Morgan fingerprint density at radius 3 is 2.46 bits per heavy atom. The zero-order valence-corrected chi connectivity index (χ0v) is 8.10. The van der Waals surface area contributed by atoms with Gasteiger partial charge in [-0.05, 0) is 5.92 Å². The van der Waals surface area contributed by atoms with Gasteiger partial charge in [0.05, 0.1) is 0 Å². The van der Waals surface area contributed by atoms with E-state index in [4.69, 9.17) is 20.4 Å². The summed E-state index contributed by atoms with van der Waals surface area (Å²) in [6.45, 7) is 4.01. The SMILES string of the molecule is COC1O[C@H](/C(N)=N\O)[C@@H](C)[C@H]1C. The minimum atomic E-state index is -0.343. The van der Waals surface area contributed by atoms with E-state index in [1.807, 2.05) is 13.8 Å². The van der Waals surface area contributed by atoms with Gasteiger partial charge >= 0.3 is 0 Å². The van der Waals surface area contributed by atoms with Gasteiger partial charge in [-0.25, -0.2) is 0 Å². The van der Waals surface area contributed by atoms with Crippen molar-refractivity contribution in [3.05, 3.63) is 0 Å². The first-order chi connectivity index (χ1) is 6.11. The predicted octanol–water partition coefficient (Wildman–Crippen LogP) is 0.376. The maximum atomic E-state index is 8.50. The van der Waals surface area contributed by atoms with Gasteiger partial charge in [0.15, 0.2) is 12.1 Å². The largest absolute Gasteiger partial charge is 0.409 e. The Hall–Kier alpha value is -0.810. The molecule has 0 aromatic heterocycles. The van der Waals surface area contributed by atoms with E-state index >= 15 is 0 Å². The molecular formula is C8H16N2O3. The topological polar surface area (TPSA) is 77.1 Å². The van der Waals surface area contributed by atoms with Crippen LogP contribution < -0.4 is 5.73 Å². The van der Waals surface area contributed by atoms with Gasteiger partial charge in [0.2, 0.25) is 0 Å². The van der Waals surface area contributed by atoms with E-state index in [0.29, 0.717) is 0 Å². The lowest BCUT2D eigenvalue weighted by Crippen LogP contribution is -2.33. The first-order valence-electron chi connectivity index (χ1n) is 4.27. The molecule has 5 nitrogen and oxygen atoms in total. The molecule has 1 aliphatic heterocycles.